The molecule has 1 saturated heterocycles. The molecule has 6 nitrogen and oxygen atoms in total. The highest BCUT2D eigenvalue weighted by molar-refractivity contribution is 9.11. The molecule has 28 heavy (non-hydrogen) atoms. The summed E-state index contributed by atoms with van der Waals surface area (Å²) in [5.74, 6) is 0.859. The summed E-state index contributed by atoms with van der Waals surface area (Å²) in [7, 11) is -3.49. The van der Waals surface area contributed by atoms with Crippen LogP contribution < -0.4 is 4.74 Å². The van der Waals surface area contributed by atoms with Gasteiger partial charge in [-0.25, -0.2) is 8.42 Å². The second-order valence-corrected chi connectivity index (χ2v) is 11.0. The smallest absolute Gasteiger partial charge is 0.252 e. The highest BCUT2D eigenvalue weighted by atomic mass is 79.9. The van der Waals surface area contributed by atoms with Gasteiger partial charge in [0.2, 0.25) is 5.91 Å². The van der Waals surface area contributed by atoms with E-state index < -0.39 is 10.0 Å². The van der Waals surface area contributed by atoms with Crippen molar-refractivity contribution in [2.75, 3.05) is 32.8 Å². The molecule has 2 heterocycles. The van der Waals surface area contributed by atoms with E-state index in [0.29, 0.717) is 49.8 Å². The third-order valence-corrected chi connectivity index (χ3v) is 8.60. The van der Waals surface area contributed by atoms with Crippen molar-refractivity contribution in [2.45, 2.75) is 24.0 Å². The zero-order valence-electron chi connectivity index (χ0n) is 15.6. The monoisotopic (exact) mass is 486 g/mol. The van der Waals surface area contributed by atoms with Gasteiger partial charge in [-0.1, -0.05) is 18.2 Å². The molecule has 1 amide bonds. The van der Waals surface area contributed by atoms with Gasteiger partial charge in [-0.15, -0.1) is 11.3 Å². The molecule has 0 radical (unpaired) electrons. The number of sulfonamides is 1. The second-order valence-electron chi connectivity index (χ2n) is 6.38. The standard InChI is InChI=1S/C19H23BrN2O4S2/c1-2-26-16-6-4-3-5-15(16)7-9-18(23)21-11-13-22(14-12-21)28(24,25)19-10-8-17(20)27-19/h3-6,8,10H,2,7,9,11-14H2,1H3. The quantitative estimate of drug-likeness (QED) is 0.601. The Bertz CT molecular complexity index is 922. The lowest BCUT2D eigenvalue weighted by Gasteiger charge is -2.33. The second kappa shape index (κ2) is 9.39. The Morgan fingerprint density at radius 3 is 2.50 bits per heavy atom. The fourth-order valence-electron chi connectivity index (χ4n) is 3.15. The molecule has 0 saturated carbocycles. The molecule has 1 aliphatic rings. The zero-order valence-corrected chi connectivity index (χ0v) is 18.9. The third-order valence-electron chi connectivity index (χ3n) is 4.61. The highest BCUT2D eigenvalue weighted by Gasteiger charge is 2.31. The summed E-state index contributed by atoms with van der Waals surface area (Å²) in [5.41, 5.74) is 1.02. The maximum Gasteiger partial charge on any atom is 0.252 e. The van der Waals surface area contributed by atoms with Gasteiger partial charge < -0.3 is 9.64 Å². The van der Waals surface area contributed by atoms with Crippen molar-refractivity contribution < 1.29 is 17.9 Å². The Morgan fingerprint density at radius 1 is 1.14 bits per heavy atom. The number of ether oxygens (including phenoxy) is 1. The minimum atomic E-state index is -3.49. The van der Waals surface area contributed by atoms with Crippen molar-refractivity contribution in [1.29, 1.82) is 0 Å². The van der Waals surface area contributed by atoms with E-state index in [0.717, 1.165) is 15.1 Å². The molecule has 3 rings (SSSR count). The van der Waals surface area contributed by atoms with Gasteiger partial charge >= 0.3 is 0 Å². The van der Waals surface area contributed by atoms with E-state index in [9.17, 15) is 13.2 Å². The van der Waals surface area contributed by atoms with Crippen LogP contribution in [-0.4, -0.2) is 56.3 Å². The normalized spacial score (nSPS) is 15.6. The fraction of sp³-hybridized carbons (Fsp3) is 0.421. The number of carbonyl (C=O) groups excluding carboxylic acids is 1. The molecule has 0 atom stereocenters. The number of benzene rings is 1. The van der Waals surface area contributed by atoms with E-state index in [1.807, 2.05) is 31.2 Å². The molecule has 1 fully saturated rings. The Morgan fingerprint density at radius 2 is 1.86 bits per heavy atom. The van der Waals surface area contributed by atoms with Crippen LogP contribution in [0.4, 0.5) is 0 Å². The summed E-state index contributed by atoms with van der Waals surface area (Å²) in [5, 5.41) is 0. The summed E-state index contributed by atoms with van der Waals surface area (Å²) >= 11 is 4.50. The number of piperazine rings is 1. The lowest BCUT2D eigenvalue weighted by Crippen LogP contribution is -2.50. The number of amides is 1. The number of aryl methyl sites for hydroxylation is 1. The third kappa shape index (κ3) is 4.94. The molecule has 1 aromatic heterocycles. The van der Waals surface area contributed by atoms with E-state index in [4.69, 9.17) is 4.74 Å². The molecule has 152 valence electrons. The van der Waals surface area contributed by atoms with Crippen molar-refractivity contribution in [3.05, 3.63) is 45.7 Å². The van der Waals surface area contributed by atoms with E-state index in [-0.39, 0.29) is 5.91 Å². The molecule has 2 aromatic rings. The predicted octanol–water partition coefficient (Wildman–Crippen LogP) is 3.38. The van der Waals surface area contributed by atoms with Crippen LogP contribution in [0.5, 0.6) is 5.75 Å². The van der Waals surface area contributed by atoms with Crippen LogP contribution >= 0.6 is 27.3 Å². The molecule has 0 N–H and O–H groups in total. The number of para-hydroxylation sites is 1. The van der Waals surface area contributed by atoms with Crippen molar-refractivity contribution in [3.63, 3.8) is 0 Å². The maximum atomic E-state index is 12.7. The Balaban J connectivity index is 1.54. The predicted molar refractivity (Wildman–Crippen MR) is 113 cm³/mol. The van der Waals surface area contributed by atoms with Crippen LogP contribution in [-0.2, 0) is 21.2 Å². The van der Waals surface area contributed by atoms with Crippen molar-refractivity contribution in [2.24, 2.45) is 0 Å². The molecule has 9 heteroatoms. The van der Waals surface area contributed by atoms with E-state index in [1.165, 1.54) is 15.6 Å². The Hall–Kier alpha value is -1.42. The number of rotatable bonds is 7. The van der Waals surface area contributed by atoms with E-state index >= 15 is 0 Å². The summed E-state index contributed by atoms with van der Waals surface area (Å²) < 4.78 is 33.5. The first kappa shape index (κ1) is 21.3. The first-order chi connectivity index (χ1) is 13.4. The molecule has 0 spiro atoms. The summed E-state index contributed by atoms with van der Waals surface area (Å²) in [6.07, 6.45) is 0.992. The van der Waals surface area contributed by atoms with Crippen LogP contribution in [0.3, 0.4) is 0 Å². The molecular formula is C19H23BrN2O4S2. The number of hydrogen-bond acceptors (Lipinski definition) is 5. The van der Waals surface area contributed by atoms with Crippen LogP contribution in [0.1, 0.15) is 18.9 Å². The van der Waals surface area contributed by atoms with Crippen molar-refractivity contribution in [3.8, 4) is 5.75 Å². The van der Waals surface area contributed by atoms with Crippen LogP contribution in [0.15, 0.2) is 44.4 Å². The first-order valence-electron chi connectivity index (χ1n) is 9.15. The molecular weight excluding hydrogens is 464 g/mol. The number of thiophene rings is 1. The van der Waals surface area contributed by atoms with Crippen molar-refractivity contribution in [1.82, 2.24) is 9.21 Å². The number of carbonyl (C=O) groups is 1. The largest absolute Gasteiger partial charge is 0.494 e. The van der Waals surface area contributed by atoms with Gasteiger partial charge in [-0.05, 0) is 53.0 Å². The average Bonchev–Trinajstić information content (AvgIpc) is 3.14. The van der Waals surface area contributed by atoms with Crippen LogP contribution in [0.25, 0.3) is 0 Å². The topological polar surface area (TPSA) is 66.9 Å². The molecule has 0 bridgehead atoms. The summed E-state index contributed by atoms with van der Waals surface area (Å²) in [4.78, 5) is 14.3. The highest BCUT2D eigenvalue weighted by Crippen LogP contribution is 2.29. The summed E-state index contributed by atoms with van der Waals surface area (Å²) in [6, 6.07) is 11.1. The van der Waals surface area contributed by atoms with Gasteiger partial charge in [0.25, 0.3) is 10.0 Å². The Labute approximate surface area is 178 Å². The molecule has 1 aromatic carbocycles. The first-order valence-corrected chi connectivity index (χ1v) is 12.2. The lowest BCUT2D eigenvalue weighted by atomic mass is 10.1. The minimum absolute atomic E-state index is 0.0437. The zero-order chi connectivity index (χ0) is 20.1. The van der Waals surface area contributed by atoms with Gasteiger partial charge in [0.05, 0.1) is 10.4 Å². The van der Waals surface area contributed by atoms with E-state index in [2.05, 4.69) is 15.9 Å². The lowest BCUT2D eigenvalue weighted by molar-refractivity contribution is -0.132. The molecule has 1 aliphatic heterocycles. The minimum Gasteiger partial charge on any atom is -0.494 e. The number of nitrogens with zero attached hydrogens (tertiary/aromatic N) is 2. The van der Waals surface area contributed by atoms with Gasteiger partial charge in [-0.3, -0.25) is 4.79 Å². The average molecular weight is 487 g/mol. The fourth-order valence-corrected chi connectivity index (χ4v) is 6.73. The van der Waals surface area contributed by atoms with E-state index in [1.54, 1.807) is 17.0 Å². The molecule has 0 aliphatic carbocycles. The van der Waals surface area contributed by atoms with Gasteiger partial charge in [0.1, 0.15) is 9.96 Å². The van der Waals surface area contributed by atoms with Gasteiger partial charge in [0, 0.05) is 32.6 Å². The van der Waals surface area contributed by atoms with Crippen molar-refractivity contribution >= 4 is 43.2 Å². The maximum absolute atomic E-state index is 12.7. The number of halogens is 1. The summed E-state index contributed by atoms with van der Waals surface area (Å²) in [6.45, 7) is 3.99. The van der Waals surface area contributed by atoms with Gasteiger partial charge in [-0.2, -0.15) is 4.31 Å². The van der Waals surface area contributed by atoms with Gasteiger partial charge in [0.15, 0.2) is 0 Å². The Kier molecular flexibility index (Phi) is 7.14. The van der Waals surface area contributed by atoms with Crippen LogP contribution in [0, 0.1) is 0 Å². The molecule has 0 unspecified atom stereocenters. The number of hydrogen-bond donors (Lipinski definition) is 0. The van der Waals surface area contributed by atoms with Crippen LogP contribution in [0.2, 0.25) is 0 Å². The SMILES string of the molecule is CCOc1ccccc1CCC(=O)N1CCN(S(=O)(=O)c2ccc(Br)s2)CC1.